The van der Waals surface area contributed by atoms with Gasteiger partial charge in [-0.1, -0.05) is 6.92 Å². The van der Waals surface area contributed by atoms with Gasteiger partial charge in [-0.2, -0.15) is 0 Å². The first-order chi connectivity index (χ1) is 6.46. The van der Waals surface area contributed by atoms with Crippen LogP contribution in [0.2, 0.25) is 0 Å². The maximum atomic E-state index is 9.12. The number of hydrogen-bond donors (Lipinski definition) is 2. The van der Waals surface area contributed by atoms with Crippen LogP contribution in [-0.2, 0) is 9.47 Å². The third kappa shape index (κ3) is 4.91. The van der Waals surface area contributed by atoms with Crippen LogP contribution in [0.1, 0.15) is 27.2 Å². The predicted octanol–water partition coefficient (Wildman–Crippen LogP) is 0.526. The van der Waals surface area contributed by atoms with Crippen molar-refractivity contribution in [3.63, 3.8) is 0 Å². The largest absolute Gasteiger partial charge is 0.394 e. The lowest BCUT2D eigenvalue weighted by atomic mass is 10.1. The zero-order chi connectivity index (χ0) is 11.2. The Morgan fingerprint density at radius 2 is 2.00 bits per heavy atom. The molecule has 0 aromatic heterocycles. The Balaban J connectivity index is 4.14. The molecule has 0 radical (unpaired) electrons. The van der Waals surface area contributed by atoms with Crippen molar-refractivity contribution >= 4 is 0 Å². The zero-order valence-electron chi connectivity index (χ0n) is 9.62. The fraction of sp³-hybridized carbons (Fsp3) is 1.00. The van der Waals surface area contributed by atoms with Gasteiger partial charge >= 0.3 is 0 Å². The molecular formula is C10H23NO3. The first kappa shape index (κ1) is 13.8. The lowest BCUT2D eigenvalue weighted by Crippen LogP contribution is -2.46. The van der Waals surface area contributed by atoms with Gasteiger partial charge in [-0.25, -0.2) is 0 Å². The van der Waals surface area contributed by atoms with Gasteiger partial charge in [0.15, 0.2) is 0 Å². The number of hydrogen-bond acceptors (Lipinski definition) is 4. The summed E-state index contributed by atoms with van der Waals surface area (Å²) >= 11 is 0. The fourth-order valence-electron chi connectivity index (χ4n) is 1.05. The molecule has 0 heterocycles. The standard InChI is InChI=1S/C10H23NO3/c1-5-10(2,3)14-9(6-12)8(11)7-13-4/h8-9,12H,5-7,11H2,1-4H3. The van der Waals surface area contributed by atoms with Gasteiger partial charge in [-0.3, -0.25) is 0 Å². The van der Waals surface area contributed by atoms with Gasteiger partial charge in [0.25, 0.3) is 0 Å². The van der Waals surface area contributed by atoms with Gasteiger partial charge in [-0.15, -0.1) is 0 Å². The summed E-state index contributed by atoms with van der Waals surface area (Å²) in [7, 11) is 1.58. The lowest BCUT2D eigenvalue weighted by molar-refractivity contribution is -0.107. The number of methoxy groups -OCH3 is 1. The van der Waals surface area contributed by atoms with E-state index in [0.717, 1.165) is 6.42 Å². The fourth-order valence-corrected chi connectivity index (χ4v) is 1.05. The molecule has 0 rings (SSSR count). The molecule has 2 atom stereocenters. The van der Waals surface area contributed by atoms with Gasteiger partial charge in [0.2, 0.25) is 0 Å². The molecule has 0 fully saturated rings. The summed E-state index contributed by atoms with van der Waals surface area (Å²) in [5.74, 6) is 0. The van der Waals surface area contributed by atoms with Crippen LogP contribution in [0.4, 0.5) is 0 Å². The molecule has 0 aliphatic carbocycles. The summed E-state index contributed by atoms with van der Waals surface area (Å²) in [5.41, 5.74) is 5.54. The topological polar surface area (TPSA) is 64.7 Å². The predicted molar refractivity (Wildman–Crippen MR) is 56.2 cm³/mol. The highest BCUT2D eigenvalue weighted by molar-refractivity contribution is 4.77. The highest BCUT2D eigenvalue weighted by atomic mass is 16.5. The summed E-state index contributed by atoms with van der Waals surface area (Å²) in [4.78, 5) is 0. The molecule has 4 heteroatoms. The first-order valence-corrected chi connectivity index (χ1v) is 5.00. The minimum atomic E-state index is -0.357. The number of nitrogens with two attached hydrogens (primary N) is 1. The van der Waals surface area contributed by atoms with Gasteiger partial charge in [0, 0.05) is 7.11 Å². The van der Waals surface area contributed by atoms with E-state index in [-0.39, 0.29) is 24.4 Å². The summed E-state index contributed by atoms with van der Waals surface area (Å²) in [6.07, 6.45) is 0.522. The van der Waals surface area contributed by atoms with Crippen molar-refractivity contribution in [1.29, 1.82) is 0 Å². The van der Waals surface area contributed by atoms with Crippen molar-refractivity contribution in [1.82, 2.24) is 0 Å². The quantitative estimate of drug-likeness (QED) is 0.636. The third-order valence-electron chi connectivity index (χ3n) is 2.34. The minimum absolute atomic E-state index is 0.0754. The van der Waals surface area contributed by atoms with Crippen molar-refractivity contribution in [2.24, 2.45) is 5.73 Å². The maximum Gasteiger partial charge on any atom is 0.0985 e. The zero-order valence-corrected chi connectivity index (χ0v) is 9.62. The molecule has 86 valence electrons. The number of rotatable bonds is 7. The highest BCUT2D eigenvalue weighted by Crippen LogP contribution is 2.17. The molecule has 0 saturated carbocycles. The average Bonchev–Trinajstić information content (AvgIpc) is 2.14. The number of aliphatic hydroxyl groups is 1. The van der Waals surface area contributed by atoms with Gasteiger partial charge < -0.3 is 20.3 Å². The van der Waals surface area contributed by atoms with Crippen molar-refractivity contribution in [3.8, 4) is 0 Å². The summed E-state index contributed by atoms with van der Waals surface area (Å²) in [5, 5.41) is 9.12. The molecule has 0 amide bonds. The SMILES string of the molecule is CCC(C)(C)OC(CO)C(N)COC. The molecule has 0 aromatic carbocycles. The lowest BCUT2D eigenvalue weighted by Gasteiger charge is -2.31. The highest BCUT2D eigenvalue weighted by Gasteiger charge is 2.25. The summed E-state index contributed by atoms with van der Waals surface area (Å²) in [6.45, 7) is 6.32. The van der Waals surface area contributed by atoms with E-state index in [9.17, 15) is 0 Å². The number of aliphatic hydroxyl groups excluding tert-OH is 1. The molecule has 0 bridgehead atoms. The Kier molecular flexibility index (Phi) is 6.27. The second kappa shape index (κ2) is 6.35. The Morgan fingerprint density at radius 1 is 1.43 bits per heavy atom. The van der Waals surface area contributed by atoms with E-state index in [1.165, 1.54) is 0 Å². The van der Waals surface area contributed by atoms with Crippen LogP contribution in [0.3, 0.4) is 0 Å². The molecule has 2 unspecified atom stereocenters. The molecule has 0 saturated heterocycles. The Morgan fingerprint density at radius 3 is 2.36 bits per heavy atom. The second-order valence-corrected chi connectivity index (χ2v) is 4.07. The van der Waals surface area contributed by atoms with E-state index in [1.54, 1.807) is 7.11 Å². The summed E-state index contributed by atoms with van der Waals surface area (Å²) in [6, 6.07) is -0.282. The number of ether oxygens (including phenoxy) is 2. The van der Waals surface area contributed by atoms with Crippen molar-refractivity contribution in [2.45, 2.75) is 44.9 Å². The van der Waals surface area contributed by atoms with Crippen LogP contribution in [0.5, 0.6) is 0 Å². The molecule has 4 nitrogen and oxygen atoms in total. The van der Waals surface area contributed by atoms with E-state index >= 15 is 0 Å². The van der Waals surface area contributed by atoms with Crippen molar-refractivity contribution < 1.29 is 14.6 Å². The molecular weight excluding hydrogens is 182 g/mol. The molecule has 0 aliphatic rings. The van der Waals surface area contributed by atoms with Crippen LogP contribution >= 0.6 is 0 Å². The van der Waals surface area contributed by atoms with Crippen molar-refractivity contribution in [2.75, 3.05) is 20.3 Å². The van der Waals surface area contributed by atoms with E-state index in [4.69, 9.17) is 20.3 Å². The third-order valence-corrected chi connectivity index (χ3v) is 2.34. The summed E-state index contributed by atoms with van der Waals surface area (Å²) < 4.78 is 10.6. The molecule has 0 aliphatic heterocycles. The van der Waals surface area contributed by atoms with Crippen LogP contribution < -0.4 is 5.73 Å². The van der Waals surface area contributed by atoms with E-state index in [2.05, 4.69) is 0 Å². The maximum absolute atomic E-state index is 9.12. The van der Waals surface area contributed by atoms with Crippen LogP contribution in [0, 0.1) is 0 Å². The average molecular weight is 205 g/mol. The van der Waals surface area contributed by atoms with Crippen molar-refractivity contribution in [3.05, 3.63) is 0 Å². The van der Waals surface area contributed by atoms with Gasteiger partial charge in [0.1, 0.15) is 0 Å². The minimum Gasteiger partial charge on any atom is -0.394 e. The smallest absolute Gasteiger partial charge is 0.0985 e. The van der Waals surface area contributed by atoms with Gasteiger partial charge in [-0.05, 0) is 20.3 Å². The second-order valence-electron chi connectivity index (χ2n) is 4.07. The van der Waals surface area contributed by atoms with E-state index in [0.29, 0.717) is 6.61 Å². The Hall–Kier alpha value is -0.160. The normalized spacial score (nSPS) is 16.7. The molecule has 14 heavy (non-hydrogen) atoms. The van der Waals surface area contributed by atoms with Crippen LogP contribution in [-0.4, -0.2) is 43.2 Å². The first-order valence-electron chi connectivity index (χ1n) is 5.00. The molecule has 0 aromatic rings. The van der Waals surface area contributed by atoms with E-state index < -0.39 is 0 Å². The molecule has 0 spiro atoms. The van der Waals surface area contributed by atoms with Crippen LogP contribution in [0.25, 0.3) is 0 Å². The van der Waals surface area contributed by atoms with Crippen LogP contribution in [0.15, 0.2) is 0 Å². The monoisotopic (exact) mass is 205 g/mol. The Labute approximate surface area is 86.4 Å². The van der Waals surface area contributed by atoms with E-state index in [1.807, 2.05) is 20.8 Å². The molecule has 3 N–H and O–H groups in total. The van der Waals surface area contributed by atoms with Gasteiger partial charge in [0.05, 0.1) is 31.0 Å². The Bertz CT molecular complexity index is 150.